The van der Waals surface area contributed by atoms with Crippen LogP contribution in [0, 0.1) is 12.8 Å². The zero-order valence-electron chi connectivity index (χ0n) is 16.1. The van der Waals surface area contributed by atoms with E-state index < -0.39 is 6.04 Å². The number of nitrogens with zero attached hydrogens (tertiary/aromatic N) is 2. The molecule has 1 N–H and O–H groups in total. The van der Waals surface area contributed by atoms with E-state index in [0.29, 0.717) is 22.0 Å². The van der Waals surface area contributed by atoms with Gasteiger partial charge in [-0.1, -0.05) is 24.6 Å². The van der Waals surface area contributed by atoms with Crippen LogP contribution in [0.3, 0.4) is 0 Å². The Hall–Kier alpha value is -2.18. The molecule has 0 saturated carbocycles. The van der Waals surface area contributed by atoms with Gasteiger partial charge in [-0.25, -0.2) is 4.98 Å². The molecule has 3 aromatic rings. The fourth-order valence-electron chi connectivity index (χ4n) is 3.66. The standard InChI is InChI=1S/C21H22ClN3O2S/c1-11-4-7-15-17(8-11)28-20-18(15)21(27)25(10-23-20)13(3)19(26)24-14-6-5-12(2)16(22)9-14/h5-6,9-11,13H,4,7-8H2,1-3H3,(H,24,26)/t11-,13-/m0/s1. The lowest BCUT2D eigenvalue weighted by atomic mass is 9.89. The van der Waals surface area contributed by atoms with Crippen LogP contribution in [0.15, 0.2) is 29.3 Å². The molecule has 0 radical (unpaired) electrons. The molecular formula is C21H22ClN3O2S. The molecule has 146 valence electrons. The number of hydrogen-bond acceptors (Lipinski definition) is 4. The van der Waals surface area contributed by atoms with Crippen molar-refractivity contribution in [3.63, 3.8) is 0 Å². The van der Waals surface area contributed by atoms with E-state index in [4.69, 9.17) is 11.6 Å². The van der Waals surface area contributed by atoms with E-state index in [-0.39, 0.29) is 11.5 Å². The SMILES string of the molecule is Cc1ccc(NC(=O)[C@H](C)n2cnc3sc4c(c3c2=O)CC[C@H](C)C4)cc1Cl. The number of halogens is 1. The molecule has 7 heteroatoms. The van der Waals surface area contributed by atoms with Crippen LogP contribution in [-0.4, -0.2) is 15.5 Å². The lowest BCUT2D eigenvalue weighted by molar-refractivity contribution is -0.118. The van der Waals surface area contributed by atoms with Crippen molar-refractivity contribution >= 4 is 44.7 Å². The number of anilines is 1. The van der Waals surface area contributed by atoms with Gasteiger partial charge in [-0.15, -0.1) is 11.3 Å². The van der Waals surface area contributed by atoms with Gasteiger partial charge < -0.3 is 5.32 Å². The highest BCUT2D eigenvalue weighted by atomic mass is 35.5. The third-order valence-electron chi connectivity index (χ3n) is 5.48. The lowest BCUT2D eigenvalue weighted by Gasteiger charge is -2.18. The predicted octanol–water partition coefficient (Wildman–Crippen LogP) is 4.74. The molecule has 2 heterocycles. The van der Waals surface area contributed by atoms with Gasteiger partial charge in [0, 0.05) is 15.6 Å². The van der Waals surface area contributed by atoms with Crippen LogP contribution < -0.4 is 10.9 Å². The number of thiophene rings is 1. The lowest BCUT2D eigenvalue weighted by Crippen LogP contribution is -2.32. The summed E-state index contributed by atoms with van der Waals surface area (Å²) in [6, 6.07) is 4.68. The number of carbonyl (C=O) groups is 1. The fraction of sp³-hybridized carbons (Fsp3) is 0.381. The van der Waals surface area contributed by atoms with E-state index in [1.165, 1.54) is 15.8 Å². The van der Waals surface area contributed by atoms with Crippen molar-refractivity contribution in [2.45, 2.75) is 46.1 Å². The van der Waals surface area contributed by atoms with Gasteiger partial charge in [-0.2, -0.15) is 0 Å². The first-order valence-electron chi connectivity index (χ1n) is 9.43. The van der Waals surface area contributed by atoms with Crippen molar-refractivity contribution < 1.29 is 4.79 Å². The zero-order valence-corrected chi connectivity index (χ0v) is 17.7. The molecule has 28 heavy (non-hydrogen) atoms. The van der Waals surface area contributed by atoms with Gasteiger partial charge in [0.15, 0.2) is 0 Å². The number of amides is 1. The Kier molecular flexibility index (Phi) is 5.02. The summed E-state index contributed by atoms with van der Waals surface area (Å²) in [6.45, 7) is 5.85. The monoisotopic (exact) mass is 415 g/mol. The minimum atomic E-state index is -0.678. The molecule has 1 aliphatic carbocycles. The molecule has 1 aromatic carbocycles. The van der Waals surface area contributed by atoms with Crippen LogP contribution in [0.5, 0.6) is 0 Å². The summed E-state index contributed by atoms with van der Waals surface area (Å²) < 4.78 is 1.43. The quantitative estimate of drug-likeness (QED) is 0.671. The molecule has 0 saturated heterocycles. The first-order valence-corrected chi connectivity index (χ1v) is 10.6. The van der Waals surface area contributed by atoms with Crippen molar-refractivity contribution in [3.05, 3.63) is 55.9 Å². The molecule has 1 aliphatic rings. The third-order valence-corrected chi connectivity index (χ3v) is 7.05. The second kappa shape index (κ2) is 7.33. The normalized spacial score (nSPS) is 17.4. The number of nitrogens with one attached hydrogen (secondary N) is 1. The molecule has 0 aliphatic heterocycles. The van der Waals surface area contributed by atoms with Gasteiger partial charge in [-0.05, 0) is 62.3 Å². The van der Waals surface area contributed by atoms with Crippen molar-refractivity contribution in [3.8, 4) is 0 Å². The molecule has 2 aromatic heterocycles. The van der Waals surface area contributed by atoms with E-state index in [0.717, 1.165) is 35.2 Å². The van der Waals surface area contributed by atoms with E-state index >= 15 is 0 Å². The van der Waals surface area contributed by atoms with Crippen molar-refractivity contribution in [1.82, 2.24) is 9.55 Å². The van der Waals surface area contributed by atoms with Crippen molar-refractivity contribution in [2.75, 3.05) is 5.32 Å². The maximum absolute atomic E-state index is 13.2. The minimum Gasteiger partial charge on any atom is -0.324 e. The second-order valence-corrected chi connectivity index (χ2v) is 9.11. The molecule has 0 spiro atoms. The summed E-state index contributed by atoms with van der Waals surface area (Å²) in [4.78, 5) is 32.4. The number of rotatable bonds is 3. The van der Waals surface area contributed by atoms with Gasteiger partial charge >= 0.3 is 0 Å². The summed E-state index contributed by atoms with van der Waals surface area (Å²) in [6.07, 6.45) is 4.47. The van der Waals surface area contributed by atoms with Gasteiger partial charge in [-0.3, -0.25) is 14.2 Å². The molecule has 4 rings (SSSR count). The Bertz CT molecular complexity index is 1130. The average Bonchev–Trinajstić information content (AvgIpc) is 3.02. The molecule has 0 unspecified atom stereocenters. The Balaban J connectivity index is 1.66. The summed E-state index contributed by atoms with van der Waals surface area (Å²) >= 11 is 7.75. The van der Waals surface area contributed by atoms with E-state index in [2.05, 4.69) is 17.2 Å². The van der Waals surface area contributed by atoms with E-state index in [1.807, 2.05) is 13.0 Å². The molecular weight excluding hydrogens is 394 g/mol. The Morgan fingerprint density at radius 3 is 2.96 bits per heavy atom. The Morgan fingerprint density at radius 1 is 1.43 bits per heavy atom. The van der Waals surface area contributed by atoms with Crippen LogP contribution in [0.4, 0.5) is 5.69 Å². The van der Waals surface area contributed by atoms with Crippen molar-refractivity contribution in [2.24, 2.45) is 5.92 Å². The van der Waals surface area contributed by atoms with Crippen LogP contribution in [0.25, 0.3) is 10.2 Å². The molecule has 1 amide bonds. The number of fused-ring (bicyclic) bond motifs is 3. The maximum atomic E-state index is 13.2. The van der Waals surface area contributed by atoms with Crippen LogP contribution in [0.1, 0.15) is 42.3 Å². The number of hydrogen-bond donors (Lipinski definition) is 1. The number of aryl methyl sites for hydroxylation is 2. The Labute approximate surface area is 172 Å². The second-order valence-electron chi connectivity index (χ2n) is 7.62. The van der Waals surface area contributed by atoms with Gasteiger partial charge in [0.1, 0.15) is 10.9 Å². The largest absolute Gasteiger partial charge is 0.324 e. The predicted molar refractivity (Wildman–Crippen MR) is 115 cm³/mol. The van der Waals surface area contributed by atoms with Crippen LogP contribution in [0.2, 0.25) is 5.02 Å². The minimum absolute atomic E-state index is 0.137. The first kappa shape index (κ1) is 19.2. The summed E-state index contributed by atoms with van der Waals surface area (Å²) in [7, 11) is 0. The summed E-state index contributed by atoms with van der Waals surface area (Å²) in [5.41, 5.74) is 2.54. The smallest absolute Gasteiger partial charge is 0.263 e. The topological polar surface area (TPSA) is 64.0 Å². The first-order chi connectivity index (χ1) is 13.3. The van der Waals surface area contributed by atoms with E-state index in [9.17, 15) is 9.59 Å². The average molecular weight is 416 g/mol. The highest BCUT2D eigenvalue weighted by Crippen LogP contribution is 2.35. The fourth-order valence-corrected chi connectivity index (χ4v) is 5.19. The number of benzene rings is 1. The molecule has 0 bridgehead atoms. The molecule has 2 atom stereocenters. The highest BCUT2D eigenvalue weighted by molar-refractivity contribution is 7.18. The maximum Gasteiger partial charge on any atom is 0.263 e. The molecule has 5 nitrogen and oxygen atoms in total. The van der Waals surface area contributed by atoms with E-state index in [1.54, 1.807) is 30.4 Å². The van der Waals surface area contributed by atoms with Gasteiger partial charge in [0.2, 0.25) is 5.91 Å². The number of aromatic nitrogens is 2. The Morgan fingerprint density at radius 2 is 2.21 bits per heavy atom. The van der Waals surface area contributed by atoms with Crippen molar-refractivity contribution in [1.29, 1.82) is 0 Å². The van der Waals surface area contributed by atoms with Crippen LogP contribution >= 0.6 is 22.9 Å². The molecule has 0 fully saturated rings. The highest BCUT2D eigenvalue weighted by Gasteiger charge is 2.25. The van der Waals surface area contributed by atoms with Gasteiger partial charge in [0.05, 0.1) is 11.7 Å². The summed E-state index contributed by atoms with van der Waals surface area (Å²) in [5, 5.41) is 4.11. The van der Waals surface area contributed by atoms with Crippen LogP contribution in [-0.2, 0) is 17.6 Å². The zero-order chi connectivity index (χ0) is 20.0. The summed E-state index contributed by atoms with van der Waals surface area (Å²) in [5.74, 6) is 0.356. The van der Waals surface area contributed by atoms with Gasteiger partial charge in [0.25, 0.3) is 5.56 Å². The third kappa shape index (κ3) is 3.35. The number of carbonyl (C=O) groups excluding carboxylic acids is 1.